The normalized spacial score (nSPS) is 18.6. The summed E-state index contributed by atoms with van der Waals surface area (Å²) in [5.41, 5.74) is 0.905. The van der Waals surface area contributed by atoms with Crippen LogP contribution in [0, 0.1) is 12.7 Å². The van der Waals surface area contributed by atoms with Crippen LogP contribution >= 0.6 is 0 Å². The average Bonchev–Trinajstić information content (AvgIpc) is 3.12. The van der Waals surface area contributed by atoms with Crippen LogP contribution in [-0.2, 0) is 14.3 Å². The molecule has 0 radical (unpaired) electrons. The molecular formula is C21H22FNO5. The van der Waals surface area contributed by atoms with Crippen molar-refractivity contribution in [3.63, 3.8) is 0 Å². The maximum atomic E-state index is 13.8. The van der Waals surface area contributed by atoms with Crippen LogP contribution in [0.3, 0.4) is 0 Å². The first-order valence-electron chi connectivity index (χ1n) is 8.96. The van der Waals surface area contributed by atoms with Crippen LogP contribution in [0.2, 0.25) is 0 Å². The molecular weight excluding hydrogens is 365 g/mol. The first-order chi connectivity index (χ1) is 13.5. The molecule has 1 aliphatic heterocycles. The number of aryl methyl sites for hydroxylation is 1. The van der Waals surface area contributed by atoms with Crippen LogP contribution in [0.25, 0.3) is 0 Å². The molecule has 1 amide bonds. The molecule has 1 saturated heterocycles. The van der Waals surface area contributed by atoms with Crippen molar-refractivity contribution in [2.45, 2.75) is 25.5 Å². The van der Waals surface area contributed by atoms with Gasteiger partial charge in [-0.05, 0) is 30.7 Å². The first-order valence-corrected chi connectivity index (χ1v) is 8.96. The Bertz CT molecular complexity index is 856. The Hall–Kier alpha value is -3.09. The molecule has 0 aliphatic carbocycles. The van der Waals surface area contributed by atoms with Crippen LogP contribution in [0.4, 0.5) is 4.39 Å². The molecule has 7 heteroatoms. The number of amides is 1. The van der Waals surface area contributed by atoms with Gasteiger partial charge in [0, 0.05) is 6.42 Å². The summed E-state index contributed by atoms with van der Waals surface area (Å²) in [5.74, 6) is -0.711. The number of halogens is 1. The number of esters is 1. The Labute approximate surface area is 162 Å². The van der Waals surface area contributed by atoms with Gasteiger partial charge in [-0.1, -0.05) is 30.3 Å². The number of nitrogens with zero attached hydrogens (tertiary/aromatic N) is 1. The second kappa shape index (κ2) is 8.73. The number of carbonyl (C=O) groups is 2. The maximum absolute atomic E-state index is 13.8. The lowest BCUT2D eigenvalue weighted by Crippen LogP contribution is -2.43. The summed E-state index contributed by atoms with van der Waals surface area (Å²) in [6.45, 7) is 1.81. The molecule has 28 heavy (non-hydrogen) atoms. The van der Waals surface area contributed by atoms with Gasteiger partial charge in [0.25, 0.3) is 5.91 Å². The predicted molar refractivity (Wildman–Crippen MR) is 99.6 cm³/mol. The summed E-state index contributed by atoms with van der Waals surface area (Å²) < 4.78 is 29.9. The fourth-order valence-corrected chi connectivity index (χ4v) is 3.18. The van der Waals surface area contributed by atoms with E-state index in [0.29, 0.717) is 5.75 Å². The smallest absolute Gasteiger partial charge is 0.328 e. The van der Waals surface area contributed by atoms with Gasteiger partial charge in [-0.3, -0.25) is 4.79 Å². The third kappa shape index (κ3) is 4.42. The third-order valence-corrected chi connectivity index (χ3v) is 4.63. The van der Waals surface area contributed by atoms with Crippen LogP contribution in [0.1, 0.15) is 12.0 Å². The van der Waals surface area contributed by atoms with E-state index in [0.717, 1.165) is 5.56 Å². The van der Waals surface area contributed by atoms with Gasteiger partial charge in [-0.2, -0.15) is 0 Å². The van der Waals surface area contributed by atoms with Crippen molar-refractivity contribution in [2.75, 3.05) is 20.3 Å². The monoisotopic (exact) mass is 387 g/mol. The Balaban J connectivity index is 1.68. The fraction of sp³-hybridized carbons (Fsp3) is 0.333. The number of methoxy groups -OCH3 is 1. The van der Waals surface area contributed by atoms with Crippen molar-refractivity contribution < 1.29 is 28.2 Å². The van der Waals surface area contributed by atoms with Gasteiger partial charge in [0.15, 0.2) is 18.2 Å². The van der Waals surface area contributed by atoms with Gasteiger partial charge < -0.3 is 19.1 Å². The van der Waals surface area contributed by atoms with Crippen LogP contribution < -0.4 is 9.47 Å². The van der Waals surface area contributed by atoms with E-state index in [4.69, 9.17) is 14.2 Å². The molecule has 0 N–H and O–H groups in total. The average molecular weight is 387 g/mol. The molecule has 148 valence electrons. The number of hydrogen-bond acceptors (Lipinski definition) is 5. The number of para-hydroxylation sites is 2. The standard InChI is InChI=1S/C21H22FNO5/c1-14-7-3-5-9-18(14)27-13-20(24)23-12-15(11-17(23)21(25)26-2)28-19-10-6-4-8-16(19)22/h3-10,15,17H,11-13H2,1-2H3/t15-,17+/m1/s1. The second-order valence-corrected chi connectivity index (χ2v) is 6.55. The molecule has 3 rings (SSSR count). The lowest BCUT2D eigenvalue weighted by atomic mass is 10.2. The number of carbonyl (C=O) groups excluding carboxylic acids is 2. The van der Waals surface area contributed by atoms with Gasteiger partial charge in [-0.15, -0.1) is 0 Å². The minimum absolute atomic E-state index is 0.0848. The Morgan fingerprint density at radius 2 is 1.79 bits per heavy atom. The summed E-state index contributed by atoms with van der Waals surface area (Å²) in [4.78, 5) is 26.2. The summed E-state index contributed by atoms with van der Waals surface area (Å²) in [5, 5.41) is 0. The minimum atomic E-state index is -0.797. The van der Waals surface area contributed by atoms with Gasteiger partial charge in [0.05, 0.1) is 13.7 Å². The minimum Gasteiger partial charge on any atom is -0.485 e. The number of ether oxygens (including phenoxy) is 3. The summed E-state index contributed by atoms with van der Waals surface area (Å²) in [6, 6.07) is 12.6. The topological polar surface area (TPSA) is 65.1 Å². The molecule has 6 nitrogen and oxygen atoms in total. The summed E-state index contributed by atoms with van der Waals surface area (Å²) in [7, 11) is 1.26. The van der Waals surface area contributed by atoms with Gasteiger partial charge in [0.1, 0.15) is 17.9 Å². The van der Waals surface area contributed by atoms with Crippen molar-refractivity contribution >= 4 is 11.9 Å². The van der Waals surface area contributed by atoms with E-state index >= 15 is 0 Å². The van der Waals surface area contributed by atoms with Crippen molar-refractivity contribution in [1.29, 1.82) is 0 Å². The largest absolute Gasteiger partial charge is 0.485 e. The van der Waals surface area contributed by atoms with Crippen LogP contribution in [0.15, 0.2) is 48.5 Å². The highest BCUT2D eigenvalue weighted by Crippen LogP contribution is 2.26. The quantitative estimate of drug-likeness (QED) is 0.713. The molecule has 1 heterocycles. The van der Waals surface area contributed by atoms with E-state index in [2.05, 4.69) is 0 Å². The molecule has 1 fully saturated rings. The molecule has 2 atom stereocenters. The number of hydrogen-bond donors (Lipinski definition) is 0. The van der Waals surface area contributed by atoms with Crippen molar-refractivity contribution in [3.8, 4) is 11.5 Å². The lowest BCUT2D eigenvalue weighted by Gasteiger charge is -2.22. The summed E-state index contributed by atoms with van der Waals surface area (Å²) >= 11 is 0. The number of benzene rings is 2. The van der Waals surface area contributed by atoms with Crippen LogP contribution in [0.5, 0.6) is 11.5 Å². The van der Waals surface area contributed by atoms with Crippen molar-refractivity contribution in [1.82, 2.24) is 4.90 Å². The first kappa shape index (κ1) is 19.7. The third-order valence-electron chi connectivity index (χ3n) is 4.63. The van der Waals surface area contributed by atoms with Gasteiger partial charge in [0.2, 0.25) is 0 Å². The molecule has 2 aromatic carbocycles. The number of rotatable bonds is 6. The van der Waals surface area contributed by atoms with Crippen molar-refractivity contribution in [2.24, 2.45) is 0 Å². The molecule has 0 spiro atoms. The molecule has 0 aromatic heterocycles. The second-order valence-electron chi connectivity index (χ2n) is 6.55. The van der Waals surface area contributed by atoms with Gasteiger partial charge >= 0.3 is 5.97 Å². The lowest BCUT2D eigenvalue weighted by molar-refractivity contribution is -0.151. The van der Waals surface area contributed by atoms with E-state index in [1.54, 1.807) is 18.2 Å². The van der Waals surface area contributed by atoms with Crippen molar-refractivity contribution in [3.05, 3.63) is 59.9 Å². The molecule has 0 bridgehead atoms. The SMILES string of the molecule is COC(=O)[C@@H]1C[C@@H](Oc2ccccc2F)CN1C(=O)COc1ccccc1C. The highest BCUT2D eigenvalue weighted by Gasteiger charge is 2.41. The molecule has 0 unspecified atom stereocenters. The maximum Gasteiger partial charge on any atom is 0.328 e. The Kier molecular flexibility index (Phi) is 6.13. The fourth-order valence-electron chi connectivity index (χ4n) is 3.18. The van der Waals surface area contributed by atoms with E-state index in [-0.39, 0.29) is 31.2 Å². The zero-order chi connectivity index (χ0) is 20.1. The van der Waals surface area contributed by atoms with Crippen LogP contribution in [-0.4, -0.2) is 49.2 Å². The summed E-state index contributed by atoms with van der Waals surface area (Å²) in [6.07, 6.45) is -0.305. The van der Waals surface area contributed by atoms with E-state index < -0.39 is 23.9 Å². The van der Waals surface area contributed by atoms with E-state index in [9.17, 15) is 14.0 Å². The molecule has 1 aliphatic rings. The van der Waals surface area contributed by atoms with E-state index in [1.165, 1.54) is 24.1 Å². The zero-order valence-electron chi connectivity index (χ0n) is 15.8. The highest BCUT2D eigenvalue weighted by molar-refractivity contribution is 5.86. The Morgan fingerprint density at radius 1 is 1.11 bits per heavy atom. The van der Waals surface area contributed by atoms with E-state index in [1.807, 2.05) is 25.1 Å². The highest BCUT2D eigenvalue weighted by atomic mass is 19.1. The predicted octanol–water partition coefficient (Wildman–Crippen LogP) is 2.73. The Morgan fingerprint density at radius 3 is 2.46 bits per heavy atom. The van der Waals surface area contributed by atoms with Gasteiger partial charge in [-0.25, -0.2) is 9.18 Å². The number of likely N-dealkylation sites (tertiary alicyclic amines) is 1. The molecule has 0 saturated carbocycles. The molecule has 2 aromatic rings. The zero-order valence-corrected chi connectivity index (χ0v) is 15.8.